The van der Waals surface area contributed by atoms with Crippen molar-refractivity contribution in [3.63, 3.8) is 0 Å². The van der Waals surface area contributed by atoms with Crippen molar-refractivity contribution in [2.24, 2.45) is 0 Å². The molecule has 3 aromatic rings. The van der Waals surface area contributed by atoms with Gasteiger partial charge in [-0.05, 0) is 62.0 Å². The van der Waals surface area contributed by atoms with Crippen LogP contribution < -0.4 is 10.7 Å². The van der Waals surface area contributed by atoms with E-state index in [1.807, 2.05) is 0 Å². The number of rotatable bonds is 6. The molecule has 0 spiro atoms. The number of fused-ring (bicyclic) bond motifs is 1. The van der Waals surface area contributed by atoms with Crippen molar-refractivity contribution in [1.82, 2.24) is 20.7 Å². The van der Waals surface area contributed by atoms with Crippen LogP contribution in [0.1, 0.15) is 41.7 Å². The number of ether oxygens (including phenoxy) is 1. The number of esters is 1. The van der Waals surface area contributed by atoms with Gasteiger partial charge in [-0.2, -0.15) is 0 Å². The van der Waals surface area contributed by atoms with E-state index in [4.69, 9.17) is 21.4 Å². The first-order valence-electron chi connectivity index (χ1n) is 10.6. The molecular formula is C23H21N5O6S. The van der Waals surface area contributed by atoms with E-state index in [0.717, 1.165) is 0 Å². The van der Waals surface area contributed by atoms with Gasteiger partial charge in [0.2, 0.25) is 0 Å². The molecular weight excluding hydrogens is 474 g/mol. The van der Waals surface area contributed by atoms with E-state index in [9.17, 15) is 19.7 Å². The molecule has 0 saturated heterocycles. The Morgan fingerprint density at radius 2 is 1.97 bits per heavy atom. The molecule has 1 aromatic heterocycles. The lowest BCUT2D eigenvalue weighted by molar-refractivity contribution is -0.384. The first-order valence-corrected chi connectivity index (χ1v) is 11.0. The summed E-state index contributed by atoms with van der Waals surface area (Å²) in [4.78, 5) is 40.9. The van der Waals surface area contributed by atoms with Crippen LogP contribution in [0.25, 0.3) is 11.1 Å². The summed E-state index contributed by atoms with van der Waals surface area (Å²) < 4.78 is 10.7. The number of hydrogen-bond donors (Lipinski definition) is 2. The van der Waals surface area contributed by atoms with Crippen LogP contribution in [-0.2, 0) is 9.53 Å². The summed E-state index contributed by atoms with van der Waals surface area (Å²) in [6.07, 6.45) is 0. The molecule has 1 amide bonds. The Morgan fingerprint density at radius 1 is 1.26 bits per heavy atom. The Labute approximate surface area is 204 Å². The van der Waals surface area contributed by atoms with Crippen molar-refractivity contribution < 1.29 is 23.7 Å². The number of carbonyl (C=O) groups is 2. The van der Waals surface area contributed by atoms with Crippen LogP contribution in [0.5, 0.6) is 0 Å². The van der Waals surface area contributed by atoms with Gasteiger partial charge in [-0.15, -0.1) is 0 Å². The summed E-state index contributed by atoms with van der Waals surface area (Å²) in [5.41, 5.74) is 5.13. The van der Waals surface area contributed by atoms with Crippen molar-refractivity contribution in [2.45, 2.75) is 26.8 Å². The van der Waals surface area contributed by atoms with Gasteiger partial charge in [0.1, 0.15) is 11.6 Å². The number of carbonyl (C=O) groups excluding carboxylic acids is 2. The maximum Gasteiger partial charge on any atom is 0.338 e. The quantitative estimate of drug-likeness (QED) is 0.226. The Morgan fingerprint density at radius 3 is 2.63 bits per heavy atom. The van der Waals surface area contributed by atoms with Gasteiger partial charge >= 0.3 is 5.97 Å². The largest absolute Gasteiger partial charge is 0.463 e. The number of allylic oxidation sites excluding steroid dienone is 1. The van der Waals surface area contributed by atoms with E-state index in [1.54, 1.807) is 39.0 Å². The zero-order chi connectivity index (χ0) is 25.3. The van der Waals surface area contributed by atoms with Crippen LogP contribution in [0.15, 0.2) is 58.2 Å². The van der Waals surface area contributed by atoms with Crippen molar-refractivity contribution in [3.05, 3.63) is 80.9 Å². The van der Waals surface area contributed by atoms with Gasteiger partial charge in [-0.25, -0.2) is 14.8 Å². The second kappa shape index (κ2) is 9.50. The third-order valence-corrected chi connectivity index (χ3v) is 5.64. The fraction of sp³-hybridized carbons (Fsp3) is 0.217. The summed E-state index contributed by atoms with van der Waals surface area (Å²) in [5.74, 6) is -0.648. The number of hydrogen-bond acceptors (Lipinski definition) is 8. The van der Waals surface area contributed by atoms with E-state index >= 15 is 0 Å². The fourth-order valence-corrected chi connectivity index (χ4v) is 4.08. The van der Waals surface area contributed by atoms with Gasteiger partial charge in [0, 0.05) is 30.3 Å². The van der Waals surface area contributed by atoms with E-state index in [-0.39, 0.29) is 23.0 Å². The second-order valence-electron chi connectivity index (χ2n) is 7.67. The number of amides is 1. The number of aromatic nitrogens is 1. The molecule has 11 nitrogen and oxygen atoms in total. The number of nitro benzene ring substituents is 1. The minimum absolute atomic E-state index is 0.115. The van der Waals surface area contributed by atoms with E-state index in [0.29, 0.717) is 33.8 Å². The molecule has 0 radical (unpaired) electrons. The van der Waals surface area contributed by atoms with Crippen LogP contribution >= 0.6 is 12.2 Å². The van der Waals surface area contributed by atoms with Crippen molar-refractivity contribution >= 4 is 46.0 Å². The number of hydrazine groups is 1. The zero-order valence-electron chi connectivity index (χ0n) is 19.0. The van der Waals surface area contributed by atoms with Gasteiger partial charge in [-0.1, -0.05) is 0 Å². The number of non-ortho nitro benzene ring substituents is 1. The average molecular weight is 496 g/mol. The van der Waals surface area contributed by atoms with E-state index < -0.39 is 22.8 Å². The number of thiocarbonyl (C=S) groups is 1. The monoisotopic (exact) mass is 495 g/mol. The number of nitrogens with one attached hydrogen (secondary N) is 2. The van der Waals surface area contributed by atoms with Crippen molar-refractivity contribution in [1.29, 1.82) is 0 Å². The number of nitrogens with zero attached hydrogens (tertiary/aromatic N) is 3. The molecule has 4 rings (SSSR count). The molecule has 0 bridgehead atoms. The van der Waals surface area contributed by atoms with Gasteiger partial charge in [0.05, 0.1) is 17.1 Å². The molecule has 180 valence electrons. The molecule has 2 N–H and O–H groups in total. The molecule has 0 saturated carbocycles. The Balaban J connectivity index is 1.74. The molecule has 1 aliphatic heterocycles. The SMILES string of the molecule is CCOC(=O)C1=C(C)NC(=S)N(NC(=O)c2ccc3oc(C)nc3c2)C1c1ccc([N+](=O)[O-])cc1. The molecule has 0 aliphatic carbocycles. The summed E-state index contributed by atoms with van der Waals surface area (Å²) in [5, 5.41) is 15.5. The normalized spacial score (nSPS) is 15.7. The van der Waals surface area contributed by atoms with E-state index in [2.05, 4.69) is 15.7 Å². The summed E-state index contributed by atoms with van der Waals surface area (Å²) >= 11 is 5.48. The third-order valence-electron chi connectivity index (χ3n) is 5.34. The predicted molar refractivity (Wildman–Crippen MR) is 129 cm³/mol. The number of aryl methyl sites for hydroxylation is 1. The van der Waals surface area contributed by atoms with Crippen LogP contribution in [-0.4, -0.2) is 38.5 Å². The third kappa shape index (κ3) is 4.68. The highest BCUT2D eigenvalue weighted by molar-refractivity contribution is 7.80. The Kier molecular flexibility index (Phi) is 6.47. The first kappa shape index (κ1) is 23.8. The molecule has 2 aromatic carbocycles. The van der Waals surface area contributed by atoms with Gasteiger partial charge in [0.15, 0.2) is 16.6 Å². The van der Waals surface area contributed by atoms with Crippen LogP contribution in [0.2, 0.25) is 0 Å². The molecule has 0 fully saturated rings. The minimum Gasteiger partial charge on any atom is -0.463 e. The lowest BCUT2D eigenvalue weighted by atomic mass is 9.95. The lowest BCUT2D eigenvalue weighted by Crippen LogP contribution is -2.56. The van der Waals surface area contributed by atoms with E-state index in [1.165, 1.54) is 29.3 Å². The first-order chi connectivity index (χ1) is 16.7. The van der Waals surface area contributed by atoms with Gasteiger partial charge in [0.25, 0.3) is 11.6 Å². The molecule has 1 atom stereocenters. The number of oxazole rings is 1. The predicted octanol–water partition coefficient (Wildman–Crippen LogP) is 3.46. The maximum atomic E-state index is 13.2. The molecule has 2 heterocycles. The maximum absolute atomic E-state index is 13.2. The highest BCUT2D eigenvalue weighted by Crippen LogP contribution is 2.34. The Bertz CT molecular complexity index is 1380. The summed E-state index contributed by atoms with van der Waals surface area (Å²) in [7, 11) is 0. The number of benzene rings is 2. The second-order valence-corrected chi connectivity index (χ2v) is 8.05. The molecule has 1 unspecified atom stereocenters. The van der Waals surface area contributed by atoms with Crippen molar-refractivity contribution in [2.75, 3.05) is 6.61 Å². The standard InChI is InChI=1S/C23H21N5O6S/c1-4-33-22(30)19-12(2)24-23(35)27(20(19)14-5-8-16(9-6-14)28(31)32)26-21(29)15-7-10-18-17(11-15)25-13(3)34-18/h5-11,20H,4H2,1-3H3,(H,24,35)(H,26,29). The Hall–Kier alpha value is -4.32. The van der Waals surface area contributed by atoms with Gasteiger partial charge < -0.3 is 14.5 Å². The number of nitro groups is 1. The topological polar surface area (TPSA) is 140 Å². The molecule has 1 aliphatic rings. The fourth-order valence-electron chi connectivity index (χ4n) is 3.78. The minimum atomic E-state index is -0.898. The van der Waals surface area contributed by atoms with Crippen LogP contribution in [0, 0.1) is 17.0 Å². The van der Waals surface area contributed by atoms with Crippen LogP contribution in [0.3, 0.4) is 0 Å². The summed E-state index contributed by atoms with van der Waals surface area (Å²) in [6.45, 7) is 5.18. The summed E-state index contributed by atoms with van der Waals surface area (Å²) in [6, 6.07) is 9.55. The zero-order valence-corrected chi connectivity index (χ0v) is 19.8. The smallest absolute Gasteiger partial charge is 0.338 e. The molecule has 35 heavy (non-hydrogen) atoms. The van der Waals surface area contributed by atoms with Crippen molar-refractivity contribution in [3.8, 4) is 0 Å². The lowest BCUT2D eigenvalue weighted by Gasteiger charge is -2.39. The van der Waals surface area contributed by atoms with Crippen LogP contribution in [0.4, 0.5) is 5.69 Å². The molecule has 12 heteroatoms. The highest BCUT2D eigenvalue weighted by Gasteiger charge is 2.38. The van der Waals surface area contributed by atoms with Gasteiger partial charge in [-0.3, -0.25) is 20.3 Å². The average Bonchev–Trinajstić information content (AvgIpc) is 3.19. The highest BCUT2D eigenvalue weighted by atomic mass is 32.1.